The van der Waals surface area contributed by atoms with Crippen molar-refractivity contribution in [2.45, 2.75) is 46.6 Å². The SMILES string of the molecule is CC(C)CCN(CCC(C)C)C(=O)C1CSCN1.Cl. The van der Waals surface area contributed by atoms with E-state index in [1.54, 1.807) is 0 Å². The van der Waals surface area contributed by atoms with Crippen molar-refractivity contribution in [2.24, 2.45) is 11.8 Å². The van der Waals surface area contributed by atoms with Gasteiger partial charge in [0.15, 0.2) is 0 Å². The van der Waals surface area contributed by atoms with Crippen LogP contribution in [0, 0.1) is 11.8 Å². The molecular formula is C14H29ClN2OS. The van der Waals surface area contributed by atoms with Gasteiger partial charge in [-0.3, -0.25) is 10.1 Å². The van der Waals surface area contributed by atoms with E-state index in [2.05, 4.69) is 37.9 Å². The van der Waals surface area contributed by atoms with Crippen LogP contribution in [0.3, 0.4) is 0 Å². The molecule has 0 aromatic heterocycles. The molecule has 1 N–H and O–H groups in total. The fourth-order valence-corrected chi connectivity index (χ4v) is 2.87. The Hall–Kier alpha value is 0.0700. The molecule has 1 saturated heterocycles. The van der Waals surface area contributed by atoms with Crippen LogP contribution < -0.4 is 5.32 Å². The van der Waals surface area contributed by atoms with Gasteiger partial charge in [-0.1, -0.05) is 27.7 Å². The van der Waals surface area contributed by atoms with E-state index in [-0.39, 0.29) is 18.4 Å². The van der Waals surface area contributed by atoms with E-state index >= 15 is 0 Å². The van der Waals surface area contributed by atoms with Crippen LogP contribution in [0.15, 0.2) is 0 Å². The summed E-state index contributed by atoms with van der Waals surface area (Å²) in [5.41, 5.74) is 0. The normalized spacial score (nSPS) is 18.7. The van der Waals surface area contributed by atoms with E-state index in [0.29, 0.717) is 17.7 Å². The van der Waals surface area contributed by atoms with Crippen LogP contribution in [0.5, 0.6) is 0 Å². The van der Waals surface area contributed by atoms with Gasteiger partial charge in [0, 0.05) is 24.7 Å². The number of hydrogen-bond acceptors (Lipinski definition) is 3. The Morgan fingerprint density at radius 2 is 1.74 bits per heavy atom. The zero-order valence-electron chi connectivity index (χ0n) is 12.6. The molecule has 1 atom stereocenters. The molecule has 1 aliphatic heterocycles. The largest absolute Gasteiger partial charge is 0.341 e. The molecule has 1 fully saturated rings. The molecule has 0 aromatic rings. The molecule has 0 aromatic carbocycles. The van der Waals surface area contributed by atoms with Gasteiger partial charge in [0.25, 0.3) is 0 Å². The minimum absolute atomic E-state index is 0. The molecule has 0 bridgehead atoms. The predicted molar refractivity (Wildman–Crippen MR) is 87.0 cm³/mol. The van der Waals surface area contributed by atoms with Crippen molar-refractivity contribution in [3.63, 3.8) is 0 Å². The minimum Gasteiger partial charge on any atom is -0.341 e. The highest BCUT2D eigenvalue weighted by atomic mass is 35.5. The molecule has 0 aliphatic carbocycles. The van der Waals surface area contributed by atoms with Crippen molar-refractivity contribution in [3.8, 4) is 0 Å². The van der Waals surface area contributed by atoms with Crippen molar-refractivity contribution in [3.05, 3.63) is 0 Å². The highest BCUT2D eigenvalue weighted by Crippen LogP contribution is 2.14. The number of carbonyl (C=O) groups excluding carboxylic acids is 1. The second-order valence-corrected chi connectivity index (χ2v) is 6.99. The van der Waals surface area contributed by atoms with E-state index in [0.717, 1.165) is 37.6 Å². The second-order valence-electron chi connectivity index (χ2n) is 5.96. The third-order valence-electron chi connectivity index (χ3n) is 3.28. The van der Waals surface area contributed by atoms with Crippen LogP contribution in [-0.4, -0.2) is 41.6 Å². The van der Waals surface area contributed by atoms with Gasteiger partial charge in [-0.05, 0) is 24.7 Å². The first kappa shape index (κ1) is 19.1. The van der Waals surface area contributed by atoms with Crippen LogP contribution in [0.25, 0.3) is 0 Å². The Kier molecular flexibility index (Phi) is 9.93. The van der Waals surface area contributed by atoms with E-state index < -0.39 is 0 Å². The van der Waals surface area contributed by atoms with Crippen LogP contribution in [0.4, 0.5) is 0 Å². The molecule has 19 heavy (non-hydrogen) atoms. The minimum atomic E-state index is 0. The lowest BCUT2D eigenvalue weighted by molar-refractivity contribution is -0.133. The lowest BCUT2D eigenvalue weighted by atomic mass is 10.1. The molecule has 1 amide bonds. The maximum atomic E-state index is 12.4. The van der Waals surface area contributed by atoms with Crippen molar-refractivity contribution in [2.75, 3.05) is 24.7 Å². The average molecular weight is 309 g/mol. The summed E-state index contributed by atoms with van der Waals surface area (Å²) in [6, 6.07) is 0.0503. The summed E-state index contributed by atoms with van der Waals surface area (Å²) in [4.78, 5) is 14.5. The van der Waals surface area contributed by atoms with Gasteiger partial charge < -0.3 is 4.90 Å². The van der Waals surface area contributed by atoms with Crippen LogP contribution >= 0.6 is 24.2 Å². The molecule has 114 valence electrons. The summed E-state index contributed by atoms with van der Waals surface area (Å²) in [5, 5.41) is 3.28. The van der Waals surface area contributed by atoms with E-state index in [1.807, 2.05) is 11.8 Å². The van der Waals surface area contributed by atoms with Gasteiger partial charge in [0.2, 0.25) is 5.91 Å². The first-order chi connectivity index (χ1) is 8.50. The summed E-state index contributed by atoms with van der Waals surface area (Å²) in [6.07, 6.45) is 2.20. The fourth-order valence-electron chi connectivity index (χ4n) is 1.93. The molecular weight excluding hydrogens is 280 g/mol. The number of nitrogens with one attached hydrogen (secondary N) is 1. The molecule has 3 nitrogen and oxygen atoms in total. The standard InChI is InChI=1S/C14H28N2OS.ClH/c1-11(2)5-7-16(8-6-12(3)4)14(17)13-9-18-10-15-13;/h11-13,15H,5-10H2,1-4H3;1H. The summed E-state index contributed by atoms with van der Waals surface area (Å²) in [6.45, 7) is 10.7. The van der Waals surface area contributed by atoms with E-state index in [1.165, 1.54) is 0 Å². The topological polar surface area (TPSA) is 32.3 Å². The summed E-state index contributed by atoms with van der Waals surface area (Å²) in [7, 11) is 0. The Labute approximate surface area is 128 Å². The maximum Gasteiger partial charge on any atom is 0.240 e. The molecule has 0 radical (unpaired) electrons. The Bertz CT molecular complexity index is 244. The number of carbonyl (C=O) groups is 1. The molecule has 1 heterocycles. The zero-order chi connectivity index (χ0) is 13.5. The van der Waals surface area contributed by atoms with Gasteiger partial charge in [-0.25, -0.2) is 0 Å². The third-order valence-corrected chi connectivity index (χ3v) is 4.22. The molecule has 1 aliphatic rings. The average Bonchev–Trinajstić information content (AvgIpc) is 2.81. The third kappa shape index (κ3) is 7.42. The fraction of sp³-hybridized carbons (Fsp3) is 0.929. The number of nitrogens with zero attached hydrogens (tertiary/aromatic N) is 1. The number of amides is 1. The second kappa shape index (κ2) is 9.89. The molecule has 1 unspecified atom stereocenters. The van der Waals surface area contributed by atoms with Gasteiger partial charge in [-0.15, -0.1) is 24.2 Å². The molecule has 5 heteroatoms. The number of halogens is 1. The van der Waals surface area contributed by atoms with Crippen molar-refractivity contribution < 1.29 is 4.79 Å². The van der Waals surface area contributed by atoms with Crippen molar-refractivity contribution in [1.29, 1.82) is 0 Å². The monoisotopic (exact) mass is 308 g/mol. The lowest BCUT2D eigenvalue weighted by Crippen LogP contribution is -2.46. The number of hydrogen-bond donors (Lipinski definition) is 1. The van der Waals surface area contributed by atoms with Crippen LogP contribution in [-0.2, 0) is 4.79 Å². The summed E-state index contributed by atoms with van der Waals surface area (Å²) < 4.78 is 0. The Morgan fingerprint density at radius 1 is 1.21 bits per heavy atom. The van der Waals surface area contributed by atoms with Crippen LogP contribution in [0.1, 0.15) is 40.5 Å². The first-order valence-electron chi connectivity index (χ1n) is 7.10. The number of rotatable bonds is 7. The number of thioether (sulfide) groups is 1. The van der Waals surface area contributed by atoms with Crippen LogP contribution in [0.2, 0.25) is 0 Å². The summed E-state index contributed by atoms with van der Waals surface area (Å²) >= 11 is 1.82. The van der Waals surface area contributed by atoms with Gasteiger partial charge in [0.05, 0.1) is 6.04 Å². The highest BCUT2D eigenvalue weighted by Gasteiger charge is 2.27. The smallest absolute Gasteiger partial charge is 0.240 e. The van der Waals surface area contributed by atoms with Gasteiger partial charge >= 0.3 is 0 Å². The molecule has 1 rings (SSSR count). The van der Waals surface area contributed by atoms with E-state index in [9.17, 15) is 4.79 Å². The first-order valence-corrected chi connectivity index (χ1v) is 8.26. The lowest BCUT2D eigenvalue weighted by Gasteiger charge is -2.27. The van der Waals surface area contributed by atoms with Crippen molar-refractivity contribution in [1.82, 2.24) is 10.2 Å². The predicted octanol–water partition coefficient (Wildman–Crippen LogP) is 2.99. The Balaban J connectivity index is 0.00000324. The van der Waals surface area contributed by atoms with Crippen molar-refractivity contribution >= 4 is 30.1 Å². The zero-order valence-corrected chi connectivity index (χ0v) is 14.3. The maximum absolute atomic E-state index is 12.4. The molecule has 0 saturated carbocycles. The van der Waals surface area contributed by atoms with E-state index in [4.69, 9.17) is 0 Å². The molecule has 0 spiro atoms. The quantitative estimate of drug-likeness (QED) is 0.785. The highest BCUT2D eigenvalue weighted by molar-refractivity contribution is 7.99. The summed E-state index contributed by atoms with van der Waals surface area (Å²) in [5.74, 6) is 3.47. The van der Waals surface area contributed by atoms with Gasteiger partial charge in [-0.2, -0.15) is 0 Å². The Morgan fingerprint density at radius 3 is 2.11 bits per heavy atom. The van der Waals surface area contributed by atoms with Gasteiger partial charge in [0.1, 0.15) is 0 Å².